The Morgan fingerprint density at radius 2 is 1.94 bits per heavy atom. The molecule has 0 amide bonds. The van der Waals surface area contributed by atoms with E-state index >= 15 is 0 Å². The van der Waals surface area contributed by atoms with Gasteiger partial charge in [-0.25, -0.2) is 0 Å². The van der Waals surface area contributed by atoms with Crippen molar-refractivity contribution >= 4 is 29.0 Å². The summed E-state index contributed by atoms with van der Waals surface area (Å²) in [4.78, 5) is 11.0. The van der Waals surface area contributed by atoms with E-state index in [-0.39, 0.29) is 17.7 Å². The molecule has 0 fully saturated rings. The molecule has 0 radical (unpaired) electrons. The van der Waals surface area contributed by atoms with E-state index in [2.05, 4.69) is 0 Å². The van der Waals surface area contributed by atoms with Crippen LogP contribution in [0.15, 0.2) is 24.3 Å². The van der Waals surface area contributed by atoms with Gasteiger partial charge in [0.1, 0.15) is 5.78 Å². The zero-order valence-electron chi connectivity index (χ0n) is 8.96. The van der Waals surface area contributed by atoms with Crippen LogP contribution in [0, 0.1) is 0 Å². The molecule has 0 aromatic heterocycles. The van der Waals surface area contributed by atoms with E-state index in [9.17, 15) is 4.79 Å². The number of rotatable bonds is 6. The number of ketones is 1. The molecule has 0 aliphatic rings. The Kier molecular flexibility index (Phi) is 5.81. The van der Waals surface area contributed by atoms with Crippen molar-refractivity contribution in [3.8, 4) is 0 Å². The van der Waals surface area contributed by atoms with E-state index in [0.717, 1.165) is 17.0 Å². The summed E-state index contributed by atoms with van der Waals surface area (Å²) >= 11 is 11.2. The molecule has 2 N–H and O–H groups in total. The highest BCUT2D eigenvalue weighted by molar-refractivity contribution is 6.30. The van der Waals surface area contributed by atoms with E-state index in [1.807, 2.05) is 24.3 Å². The number of carbonyl (C=O) groups is 1. The van der Waals surface area contributed by atoms with Crippen molar-refractivity contribution in [1.29, 1.82) is 0 Å². The first-order chi connectivity index (χ1) is 7.61. The molecule has 1 rings (SSSR count). The molecule has 1 aromatic rings. The Morgan fingerprint density at radius 3 is 2.50 bits per heavy atom. The summed E-state index contributed by atoms with van der Waals surface area (Å²) in [5.74, 6) is 0.126. The third-order valence-corrected chi connectivity index (χ3v) is 2.90. The molecule has 0 saturated carbocycles. The smallest absolute Gasteiger partial charge is 0.147 e. The van der Waals surface area contributed by atoms with Gasteiger partial charge in [-0.3, -0.25) is 4.79 Å². The molecule has 0 bridgehead atoms. The standard InChI is InChI=1S/C12H15Cl2NO/c13-8-12(16)6-5-11(15)7-9-1-3-10(14)4-2-9/h1-4,11H,5-8,15H2/t11-/m1/s1. The number of nitrogens with two attached hydrogens (primary N) is 1. The lowest BCUT2D eigenvalue weighted by Crippen LogP contribution is -2.24. The summed E-state index contributed by atoms with van der Waals surface area (Å²) in [5, 5.41) is 0.717. The van der Waals surface area contributed by atoms with Crippen LogP contribution in [0.1, 0.15) is 18.4 Å². The highest BCUT2D eigenvalue weighted by Crippen LogP contribution is 2.12. The minimum absolute atomic E-state index is 0.00616. The zero-order valence-corrected chi connectivity index (χ0v) is 10.5. The monoisotopic (exact) mass is 259 g/mol. The average Bonchev–Trinajstić information content (AvgIpc) is 2.29. The maximum absolute atomic E-state index is 11.0. The first-order valence-electron chi connectivity index (χ1n) is 5.19. The quantitative estimate of drug-likeness (QED) is 0.799. The molecule has 0 saturated heterocycles. The van der Waals surface area contributed by atoms with E-state index in [1.54, 1.807) is 0 Å². The van der Waals surface area contributed by atoms with E-state index in [4.69, 9.17) is 28.9 Å². The maximum atomic E-state index is 11.0. The first-order valence-corrected chi connectivity index (χ1v) is 6.10. The van der Waals surface area contributed by atoms with Crippen molar-refractivity contribution in [3.63, 3.8) is 0 Å². The Bertz CT molecular complexity index is 337. The van der Waals surface area contributed by atoms with E-state index in [1.165, 1.54) is 0 Å². The third-order valence-electron chi connectivity index (χ3n) is 2.35. The Labute approximate surface area is 106 Å². The van der Waals surface area contributed by atoms with Gasteiger partial charge >= 0.3 is 0 Å². The van der Waals surface area contributed by atoms with Crippen LogP contribution in [0.2, 0.25) is 5.02 Å². The SMILES string of the molecule is N[C@H](CCC(=O)CCl)Cc1ccc(Cl)cc1. The largest absolute Gasteiger partial charge is 0.327 e. The van der Waals surface area contributed by atoms with Gasteiger partial charge in [0.2, 0.25) is 0 Å². The summed E-state index contributed by atoms with van der Waals surface area (Å²) in [5.41, 5.74) is 7.05. The molecule has 88 valence electrons. The Morgan fingerprint density at radius 1 is 1.31 bits per heavy atom. The number of halogens is 2. The van der Waals surface area contributed by atoms with Crippen LogP contribution < -0.4 is 5.73 Å². The van der Waals surface area contributed by atoms with Gasteiger partial charge in [-0.2, -0.15) is 0 Å². The summed E-state index contributed by atoms with van der Waals surface area (Å²) in [6, 6.07) is 7.58. The Balaban J connectivity index is 2.36. The fourth-order valence-corrected chi connectivity index (χ4v) is 1.70. The van der Waals surface area contributed by atoms with E-state index < -0.39 is 0 Å². The van der Waals surface area contributed by atoms with Crippen molar-refractivity contribution < 1.29 is 4.79 Å². The average molecular weight is 260 g/mol. The van der Waals surface area contributed by atoms with Gasteiger partial charge in [0, 0.05) is 17.5 Å². The summed E-state index contributed by atoms with van der Waals surface area (Å²) in [6.45, 7) is 0. The first kappa shape index (κ1) is 13.5. The highest BCUT2D eigenvalue weighted by atomic mass is 35.5. The lowest BCUT2D eigenvalue weighted by atomic mass is 10.0. The molecule has 4 heteroatoms. The molecule has 16 heavy (non-hydrogen) atoms. The van der Waals surface area contributed by atoms with Crippen LogP contribution in [0.25, 0.3) is 0 Å². The fourth-order valence-electron chi connectivity index (χ4n) is 1.44. The number of carbonyl (C=O) groups excluding carboxylic acids is 1. The van der Waals surface area contributed by atoms with Crippen LogP contribution >= 0.6 is 23.2 Å². The molecule has 0 aliphatic carbocycles. The number of hydrogen-bond donors (Lipinski definition) is 1. The van der Waals surface area contributed by atoms with Crippen LogP contribution in [0.5, 0.6) is 0 Å². The highest BCUT2D eigenvalue weighted by Gasteiger charge is 2.07. The van der Waals surface area contributed by atoms with Crippen molar-refractivity contribution in [2.45, 2.75) is 25.3 Å². The zero-order chi connectivity index (χ0) is 12.0. The number of hydrogen-bond acceptors (Lipinski definition) is 2. The second-order valence-corrected chi connectivity index (χ2v) is 4.51. The van der Waals surface area contributed by atoms with Gasteiger partial charge in [0.15, 0.2) is 0 Å². The molecule has 1 atom stereocenters. The van der Waals surface area contributed by atoms with E-state index in [0.29, 0.717) is 12.8 Å². The van der Waals surface area contributed by atoms with Gasteiger partial charge in [-0.05, 0) is 30.5 Å². The molecule has 0 aliphatic heterocycles. The summed E-state index contributed by atoms with van der Waals surface area (Å²) < 4.78 is 0. The molecule has 0 spiro atoms. The normalized spacial score (nSPS) is 12.4. The summed E-state index contributed by atoms with van der Waals surface area (Å²) in [7, 11) is 0. The van der Waals surface area contributed by atoms with Crippen LogP contribution in [0.4, 0.5) is 0 Å². The minimum Gasteiger partial charge on any atom is -0.327 e. The van der Waals surface area contributed by atoms with Gasteiger partial charge in [-0.15, -0.1) is 11.6 Å². The fraction of sp³-hybridized carbons (Fsp3) is 0.417. The van der Waals surface area contributed by atoms with Crippen molar-refractivity contribution in [1.82, 2.24) is 0 Å². The number of alkyl halides is 1. The van der Waals surface area contributed by atoms with Gasteiger partial charge in [-0.1, -0.05) is 23.7 Å². The lowest BCUT2D eigenvalue weighted by Gasteiger charge is -2.10. The second kappa shape index (κ2) is 6.89. The van der Waals surface area contributed by atoms with Gasteiger partial charge < -0.3 is 5.73 Å². The predicted molar refractivity (Wildman–Crippen MR) is 68.1 cm³/mol. The number of benzene rings is 1. The maximum Gasteiger partial charge on any atom is 0.147 e. The van der Waals surface area contributed by atoms with Crippen molar-refractivity contribution in [2.75, 3.05) is 5.88 Å². The summed E-state index contributed by atoms with van der Waals surface area (Å²) in [6.07, 6.45) is 1.89. The lowest BCUT2D eigenvalue weighted by molar-refractivity contribution is -0.116. The minimum atomic E-state index is -0.00616. The van der Waals surface area contributed by atoms with Crippen LogP contribution in [-0.2, 0) is 11.2 Å². The van der Waals surface area contributed by atoms with Gasteiger partial charge in [0.25, 0.3) is 0 Å². The Hall–Kier alpha value is -0.570. The van der Waals surface area contributed by atoms with Crippen molar-refractivity contribution in [3.05, 3.63) is 34.9 Å². The second-order valence-electron chi connectivity index (χ2n) is 3.80. The van der Waals surface area contributed by atoms with Crippen LogP contribution in [0.3, 0.4) is 0 Å². The predicted octanol–water partition coefficient (Wildman–Crippen LogP) is 2.80. The molecular formula is C12H15Cl2NO. The van der Waals surface area contributed by atoms with Crippen molar-refractivity contribution in [2.24, 2.45) is 5.73 Å². The molecular weight excluding hydrogens is 245 g/mol. The molecule has 0 unspecified atom stereocenters. The number of Topliss-reactive ketones (excluding diaryl/α,β-unsaturated/α-hetero) is 1. The molecule has 1 aromatic carbocycles. The molecule has 2 nitrogen and oxygen atoms in total. The van der Waals surface area contributed by atoms with Gasteiger partial charge in [0.05, 0.1) is 5.88 Å². The third kappa shape index (κ3) is 4.97. The van der Waals surface area contributed by atoms with Crippen LogP contribution in [-0.4, -0.2) is 17.7 Å². The molecule has 0 heterocycles. The topological polar surface area (TPSA) is 43.1 Å².